The molecule has 0 aliphatic carbocycles. The average Bonchev–Trinajstić information content (AvgIpc) is 2.98. The van der Waals surface area contributed by atoms with E-state index in [9.17, 15) is 4.79 Å². The summed E-state index contributed by atoms with van der Waals surface area (Å²) < 4.78 is 13.1. The number of amides is 1. The monoisotopic (exact) mass is 309 g/mol. The summed E-state index contributed by atoms with van der Waals surface area (Å²) in [5.74, 6) is 0.580. The number of aryl methyl sites for hydroxylation is 1. The molecule has 1 fully saturated rings. The van der Waals surface area contributed by atoms with Gasteiger partial charge in [0.05, 0.1) is 18.9 Å². The molecule has 0 bridgehead atoms. The van der Waals surface area contributed by atoms with Crippen LogP contribution in [0.2, 0.25) is 0 Å². The van der Waals surface area contributed by atoms with Crippen molar-refractivity contribution in [2.24, 2.45) is 0 Å². The summed E-state index contributed by atoms with van der Waals surface area (Å²) >= 11 is 0. The van der Waals surface area contributed by atoms with Crippen molar-refractivity contribution >= 4 is 11.7 Å². The van der Waals surface area contributed by atoms with Gasteiger partial charge in [-0.25, -0.2) is 4.68 Å². The molecule has 1 saturated heterocycles. The number of hydrogen-bond donors (Lipinski definition) is 1. The highest BCUT2D eigenvalue weighted by molar-refractivity contribution is 5.93. The van der Waals surface area contributed by atoms with Gasteiger partial charge in [-0.2, -0.15) is 5.10 Å². The highest BCUT2D eigenvalue weighted by Crippen LogP contribution is 2.14. The predicted molar refractivity (Wildman–Crippen MR) is 84.8 cm³/mol. The van der Waals surface area contributed by atoms with Gasteiger partial charge in [0.25, 0.3) is 5.91 Å². The third-order valence-corrected chi connectivity index (χ3v) is 3.87. The Morgan fingerprint density at radius 2 is 2.45 bits per heavy atom. The second kappa shape index (κ2) is 8.90. The van der Waals surface area contributed by atoms with Gasteiger partial charge in [0, 0.05) is 19.2 Å². The number of nitrogens with one attached hydrogen (secondary N) is 1. The average molecular weight is 309 g/mol. The first kappa shape index (κ1) is 17.0. The molecule has 0 spiro atoms. The quantitative estimate of drug-likeness (QED) is 0.801. The van der Waals surface area contributed by atoms with Gasteiger partial charge in [-0.3, -0.25) is 4.79 Å². The molecule has 6 heteroatoms. The molecule has 0 saturated carbocycles. The fraction of sp³-hybridized carbons (Fsp3) is 0.750. The molecule has 2 unspecified atom stereocenters. The summed E-state index contributed by atoms with van der Waals surface area (Å²) in [5, 5.41) is 7.11. The van der Waals surface area contributed by atoms with Crippen molar-refractivity contribution in [3.63, 3.8) is 0 Å². The maximum Gasteiger partial charge on any atom is 0.254 e. The van der Waals surface area contributed by atoms with Crippen LogP contribution in [0.5, 0.6) is 0 Å². The van der Waals surface area contributed by atoms with Crippen molar-refractivity contribution in [2.75, 3.05) is 18.5 Å². The standard InChI is InChI=1S/C16H27N3O3/c1-3-4-10-19-15(8-9-17-19)18-16(20)13(2)22-12-14-7-5-6-11-21-14/h8-9,13-14H,3-7,10-12H2,1-2H3,(H,18,20). The van der Waals surface area contributed by atoms with E-state index in [1.54, 1.807) is 13.1 Å². The molecule has 2 heterocycles. The number of nitrogens with zero attached hydrogens (tertiary/aromatic N) is 2. The second-order valence-electron chi connectivity index (χ2n) is 5.75. The van der Waals surface area contributed by atoms with Gasteiger partial charge < -0.3 is 14.8 Å². The van der Waals surface area contributed by atoms with Gasteiger partial charge in [0.1, 0.15) is 11.9 Å². The summed E-state index contributed by atoms with van der Waals surface area (Å²) in [5.41, 5.74) is 0. The normalized spacial score (nSPS) is 19.8. The molecule has 1 aromatic rings. The lowest BCUT2D eigenvalue weighted by Gasteiger charge is -2.23. The van der Waals surface area contributed by atoms with Gasteiger partial charge in [0.15, 0.2) is 0 Å². The Kier molecular flexibility index (Phi) is 6.86. The maximum absolute atomic E-state index is 12.2. The first-order chi connectivity index (χ1) is 10.7. The van der Waals surface area contributed by atoms with Crippen LogP contribution in [-0.2, 0) is 20.8 Å². The number of anilines is 1. The predicted octanol–water partition coefficient (Wildman–Crippen LogP) is 2.60. The van der Waals surface area contributed by atoms with E-state index in [0.29, 0.717) is 6.61 Å². The first-order valence-electron chi connectivity index (χ1n) is 8.26. The van der Waals surface area contributed by atoms with Crippen molar-refractivity contribution in [1.29, 1.82) is 0 Å². The SMILES string of the molecule is CCCCn1nccc1NC(=O)C(C)OCC1CCCCO1. The minimum atomic E-state index is -0.500. The van der Waals surface area contributed by atoms with E-state index in [1.165, 1.54) is 6.42 Å². The topological polar surface area (TPSA) is 65.4 Å². The summed E-state index contributed by atoms with van der Waals surface area (Å²) in [7, 11) is 0. The molecule has 1 aromatic heterocycles. The van der Waals surface area contributed by atoms with E-state index in [2.05, 4.69) is 17.3 Å². The molecule has 1 amide bonds. The number of ether oxygens (including phenoxy) is 2. The maximum atomic E-state index is 12.2. The van der Waals surface area contributed by atoms with Crippen LogP contribution in [0.3, 0.4) is 0 Å². The zero-order chi connectivity index (χ0) is 15.8. The molecule has 6 nitrogen and oxygen atoms in total. The number of carbonyl (C=O) groups excluding carboxylic acids is 1. The molecule has 0 radical (unpaired) electrons. The molecule has 22 heavy (non-hydrogen) atoms. The number of unbranched alkanes of at least 4 members (excludes halogenated alkanes) is 1. The third kappa shape index (κ3) is 5.10. The Morgan fingerprint density at radius 1 is 1.59 bits per heavy atom. The van der Waals surface area contributed by atoms with Crippen molar-refractivity contribution < 1.29 is 14.3 Å². The van der Waals surface area contributed by atoms with E-state index in [4.69, 9.17) is 9.47 Å². The zero-order valence-corrected chi connectivity index (χ0v) is 13.6. The fourth-order valence-electron chi connectivity index (χ4n) is 2.42. The Morgan fingerprint density at radius 3 is 3.18 bits per heavy atom. The van der Waals surface area contributed by atoms with Crippen molar-refractivity contribution in [3.05, 3.63) is 12.3 Å². The molecule has 1 N–H and O–H groups in total. The van der Waals surface area contributed by atoms with Crippen LogP contribution in [0.1, 0.15) is 46.0 Å². The third-order valence-electron chi connectivity index (χ3n) is 3.87. The lowest BCUT2D eigenvalue weighted by atomic mass is 10.1. The minimum absolute atomic E-state index is 0.124. The van der Waals surface area contributed by atoms with Crippen LogP contribution in [0.4, 0.5) is 5.82 Å². The Labute approximate surface area is 132 Å². The van der Waals surface area contributed by atoms with Crippen LogP contribution in [-0.4, -0.2) is 41.1 Å². The first-order valence-corrected chi connectivity index (χ1v) is 8.26. The van der Waals surface area contributed by atoms with Crippen LogP contribution >= 0.6 is 0 Å². The summed E-state index contributed by atoms with van der Waals surface area (Å²) in [6, 6.07) is 1.81. The molecule has 1 aliphatic rings. The summed E-state index contributed by atoms with van der Waals surface area (Å²) in [6.45, 7) is 5.98. The lowest BCUT2D eigenvalue weighted by molar-refractivity contribution is -0.130. The van der Waals surface area contributed by atoms with Crippen molar-refractivity contribution in [3.8, 4) is 0 Å². The van der Waals surface area contributed by atoms with Crippen LogP contribution in [0.15, 0.2) is 12.3 Å². The van der Waals surface area contributed by atoms with E-state index in [1.807, 2.05) is 10.7 Å². The molecular formula is C16H27N3O3. The minimum Gasteiger partial charge on any atom is -0.376 e. The highest BCUT2D eigenvalue weighted by atomic mass is 16.5. The number of carbonyl (C=O) groups is 1. The van der Waals surface area contributed by atoms with Gasteiger partial charge in [0.2, 0.25) is 0 Å². The van der Waals surface area contributed by atoms with Crippen LogP contribution in [0, 0.1) is 0 Å². The summed E-state index contributed by atoms with van der Waals surface area (Å²) in [4.78, 5) is 12.2. The molecule has 2 rings (SSSR count). The number of rotatable bonds is 8. The summed E-state index contributed by atoms with van der Waals surface area (Å²) in [6.07, 6.45) is 6.76. The van der Waals surface area contributed by atoms with Crippen molar-refractivity contribution in [2.45, 2.75) is 64.7 Å². The molecular weight excluding hydrogens is 282 g/mol. The van der Waals surface area contributed by atoms with Crippen molar-refractivity contribution in [1.82, 2.24) is 9.78 Å². The van der Waals surface area contributed by atoms with Gasteiger partial charge in [-0.1, -0.05) is 13.3 Å². The van der Waals surface area contributed by atoms with Gasteiger partial charge in [-0.15, -0.1) is 0 Å². The van der Waals surface area contributed by atoms with Gasteiger partial charge >= 0.3 is 0 Å². The zero-order valence-electron chi connectivity index (χ0n) is 13.6. The number of aromatic nitrogens is 2. The van der Waals surface area contributed by atoms with E-state index < -0.39 is 6.10 Å². The van der Waals surface area contributed by atoms with Gasteiger partial charge in [-0.05, 0) is 32.6 Å². The Hall–Kier alpha value is -1.40. The molecule has 2 atom stereocenters. The molecule has 1 aliphatic heterocycles. The molecule has 0 aromatic carbocycles. The smallest absolute Gasteiger partial charge is 0.254 e. The Balaban J connectivity index is 1.77. The second-order valence-corrected chi connectivity index (χ2v) is 5.75. The number of hydrogen-bond acceptors (Lipinski definition) is 4. The van der Waals surface area contributed by atoms with Crippen LogP contribution < -0.4 is 5.32 Å². The lowest BCUT2D eigenvalue weighted by Crippen LogP contribution is -2.33. The fourth-order valence-corrected chi connectivity index (χ4v) is 2.42. The van der Waals surface area contributed by atoms with E-state index >= 15 is 0 Å². The highest BCUT2D eigenvalue weighted by Gasteiger charge is 2.19. The van der Waals surface area contributed by atoms with Crippen LogP contribution in [0.25, 0.3) is 0 Å². The van der Waals surface area contributed by atoms with E-state index in [0.717, 1.165) is 44.7 Å². The van der Waals surface area contributed by atoms with E-state index in [-0.39, 0.29) is 12.0 Å². The largest absolute Gasteiger partial charge is 0.376 e. The molecule has 124 valence electrons. The Bertz CT molecular complexity index is 455.